The average Bonchev–Trinajstić information content (AvgIpc) is 3.15. The van der Waals surface area contributed by atoms with Gasteiger partial charge in [0.25, 0.3) is 5.56 Å². The molecule has 3 aromatic rings. The third-order valence-corrected chi connectivity index (χ3v) is 7.07. The summed E-state index contributed by atoms with van der Waals surface area (Å²) in [6.07, 6.45) is -0.741. The Labute approximate surface area is 178 Å². The van der Waals surface area contributed by atoms with Crippen LogP contribution in [0.2, 0.25) is 0 Å². The maximum absolute atomic E-state index is 13.0. The predicted octanol–water partition coefficient (Wildman–Crippen LogP) is 4.07. The molecule has 0 bridgehead atoms. The number of carbonyl (C=O) groups excluding carboxylic acids is 1. The lowest BCUT2D eigenvalue weighted by molar-refractivity contribution is 0.152. The fraction of sp³-hybridized carbons (Fsp3) is 0.286. The molecule has 9 heteroatoms. The molecule has 3 rings (SSSR count). The van der Waals surface area contributed by atoms with Crippen LogP contribution in [-0.4, -0.2) is 30.7 Å². The lowest BCUT2D eigenvalue weighted by Gasteiger charge is -2.15. The molecule has 158 valence electrons. The number of ether oxygens (including phenoxy) is 1. The number of nitrogens with zero attached hydrogens (tertiary/aromatic N) is 2. The van der Waals surface area contributed by atoms with Gasteiger partial charge in [-0.3, -0.25) is 4.79 Å². The minimum Gasteiger partial charge on any atom is -0.449 e. The number of sulfone groups is 1. The molecule has 0 spiro atoms. The van der Waals surface area contributed by atoms with Crippen molar-refractivity contribution >= 4 is 27.3 Å². The van der Waals surface area contributed by atoms with Crippen LogP contribution < -0.4 is 5.56 Å². The molecule has 2 heterocycles. The second kappa shape index (κ2) is 8.93. The molecule has 30 heavy (non-hydrogen) atoms. The van der Waals surface area contributed by atoms with Crippen LogP contribution in [0.4, 0.5) is 4.79 Å². The predicted molar refractivity (Wildman–Crippen MR) is 116 cm³/mol. The summed E-state index contributed by atoms with van der Waals surface area (Å²) in [6.45, 7) is 5.56. The van der Waals surface area contributed by atoms with Crippen molar-refractivity contribution < 1.29 is 17.9 Å². The van der Waals surface area contributed by atoms with Crippen molar-refractivity contribution in [2.24, 2.45) is 0 Å². The van der Waals surface area contributed by atoms with Crippen LogP contribution in [0.25, 0.3) is 11.3 Å². The number of hydrogen-bond donors (Lipinski definition) is 0. The van der Waals surface area contributed by atoms with Gasteiger partial charge in [0.2, 0.25) is 0 Å². The minimum atomic E-state index is -3.55. The van der Waals surface area contributed by atoms with Crippen molar-refractivity contribution in [3.05, 3.63) is 68.9 Å². The van der Waals surface area contributed by atoms with E-state index in [1.165, 1.54) is 12.1 Å². The van der Waals surface area contributed by atoms with Gasteiger partial charge in [0.1, 0.15) is 10.8 Å². The van der Waals surface area contributed by atoms with Gasteiger partial charge in [-0.25, -0.2) is 22.8 Å². The number of thiazole rings is 1. The van der Waals surface area contributed by atoms with E-state index in [0.29, 0.717) is 16.4 Å². The second-order valence-corrected chi connectivity index (χ2v) is 9.80. The van der Waals surface area contributed by atoms with Crippen LogP contribution in [0.1, 0.15) is 37.4 Å². The second-order valence-electron chi connectivity index (χ2n) is 6.86. The lowest BCUT2D eigenvalue weighted by Crippen LogP contribution is -2.32. The zero-order valence-corrected chi connectivity index (χ0v) is 18.5. The first kappa shape index (κ1) is 21.9. The molecule has 0 unspecified atom stereocenters. The Kier molecular flexibility index (Phi) is 6.52. The Morgan fingerprint density at radius 3 is 2.50 bits per heavy atom. The first-order chi connectivity index (χ1) is 14.2. The fourth-order valence-electron chi connectivity index (χ4n) is 2.95. The molecule has 1 aromatic carbocycles. The van der Waals surface area contributed by atoms with Crippen LogP contribution in [0.15, 0.2) is 57.5 Å². The highest BCUT2D eigenvalue weighted by atomic mass is 32.2. The Morgan fingerprint density at radius 1 is 1.17 bits per heavy atom. The van der Waals surface area contributed by atoms with Crippen LogP contribution in [-0.2, 0) is 20.3 Å². The summed E-state index contributed by atoms with van der Waals surface area (Å²) in [6, 6.07) is 11.4. The molecule has 0 aliphatic carbocycles. The van der Waals surface area contributed by atoms with Gasteiger partial charge in [-0.15, -0.1) is 11.3 Å². The Morgan fingerprint density at radius 2 is 1.87 bits per heavy atom. The zero-order chi connectivity index (χ0) is 21.9. The number of rotatable bonds is 6. The molecule has 0 aliphatic rings. The number of aromatic nitrogens is 2. The van der Waals surface area contributed by atoms with E-state index in [9.17, 15) is 18.0 Å². The standard InChI is InChI=1S/C21H22N2O5S2/c1-4-28-21(25)23-18(14(2)3)11-10-16(20(23)24)17-12-29-19(22-17)13-30(26,27)15-8-6-5-7-9-15/h5-12,14H,4,13H2,1-3H3. The molecule has 0 fully saturated rings. The smallest absolute Gasteiger partial charge is 0.421 e. The number of carbonyl (C=O) groups is 1. The number of benzene rings is 1. The van der Waals surface area contributed by atoms with E-state index in [1.807, 2.05) is 13.8 Å². The van der Waals surface area contributed by atoms with Gasteiger partial charge in [-0.05, 0) is 37.1 Å². The molecule has 0 saturated heterocycles. The molecule has 7 nitrogen and oxygen atoms in total. The summed E-state index contributed by atoms with van der Waals surface area (Å²) in [5.41, 5.74) is 0.537. The molecule has 2 aromatic heterocycles. The molecule has 0 atom stereocenters. The highest BCUT2D eigenvalue weighted by Gasteiger charge is 2.22. The quantitative estimate of drug-likeness (QED) is 0.566. The third kappa shape index (κ3) is 4.52. The topological polar surface area (TPSA) is 95.3 Å². The maximum Gasteiger partial charge on any atom is 0.421 e. The van der Waals surface area contributed by atoms with Crippen molar-refractivity contribution in [2.45, 2.75) is 37.3 Å². The number of hydrogen-bond acceptors (Lipinski definition) is 7. The zero-order valence-electron chi connectivity index (χ0n) is 16.9. The molecule has 0 saturated carbocycles. The molecular weight excluding hydrogens is 424 g/mol. The Bertz CT molecular complexity index is 1210. The lowest BCUT2D eigenvalue weighted by atomic mass is 10.1. The first-order valence-corrected chi connectivity index (χ1v) is 11.9. The molecule has 0 N–H and O–H groups in total. The minimum absolute atomic E-state index is 0.0711. The van der Waals surface area contributed by atoms with Crippen LogP contribution in [0.3, 0.4) is 0 Å². The van der Waals surface area contributed by atoms with E-state index in [0.717, 1.165) is 15.9 Å². The molecular formula is C21H22N2O5S2. The van der Waals surface area contributed by atoms with Crippen molar-refractivity contribution in [3.63, 3.8) is 0 Å². The largest absolute Gasteiger partial charge is 0.449 e. The van der Waals surface area contributed by atoms with E-state index in [2.05, 4.69) is 4.98 Å². The highest BCUT2D eigenvalue weighted by Crippen LogP contribution is 2.24. The summed E-state index contributed by atoms with van der Waals surface area (Å²) in [7, 11) is -3.55. The van der Waals surface area contributed by atoms with Gasteiger partial charge < -0.3 is 4.74 Å². The SMILES string of the molecule is CCOC(=O)n1c(C(C)C)ccc(-c2csc(CS(=O)(=O)c3ccccc3)n2)c1=O. The van der Waals surface area contributed by atoms with Gasteiger partial charge >= 0.3 is 6.09 Å². The maximum atomic E-state index is 13.0. The van der Waals surface area contributed by atoms with Crippen LogP contribution in [0, 0.1) is 0 Å². The number of pyridine rings is 1. The summed E-state index contributed by atoms with van der Waals surface area (Å²) in [4.78, 5) is 30.0. The van der Waals surface area contributed by atoms with Crippen molar-refractivity contribution in [3.8, 4) is 11.3 Å². The first-order valence-electron chi connectivity index (χ1n) is 9.40. The van der Waals surface area contributed by atoms with Crippen molar-refractivity contribution in [1.29, 1.82) is 0 Å². The van der Waals surface area contributed by atoms with E-state index in [1.54, 1.807) is 42.6 Å². The fourth-order valence-corrected chi connectivity index (χ4v) is 5.39. The van der Waals surface area contributed by atoms with E-state index >= 15 is 0 Å². The Hall–Kier alpha value is -2.78. The summed E-state index contributed by atoms with van der Waals surface area (Å²) >= 11 is 1.16. The van der Waals surface area contributed by atoms with Gasteiger partial charge in [-0.1, -0.05) is 32.0 Å². The van der Waals surface area contributed by atoms with Gasteiger partial charge in [0, 0.05) is 11.1 Å². The summed E-state index contributed by atoms with van der Waals surface area (Å²) in [5.74, 6) is -0.337. The summed E-state index contributed by atoms with van der Waals surface area (Å²) in [5, 5.41) is 1.99. The van der Waals surface area contributed by atoms with Crippen molar-refractivity contribution in [1.82, 2.24) is 9.55 Å². The van der Waals surface area contributed by atoms with Gasteiger partial charge in [0.15, 0.2) is 9.84 Å². The van der Waals surface area contributed by atoms with Crippen LogP contribution in [0.5, 0.6) is 0 Å². The van der Waals surface area contributed by atoms with Gasteiger partial charge in [-0.2, -0.15) is 0 Å². The van der Waals surface area contributed by atoms with E-state index in [4.69, 9.17) is 4.74 Å². The average molecular weight is 447 g/mol. The van der Waals surface area contributed by atoms with Gasteiger partial charge in [0.05, 0.1) is 22.8 Å². The molecule has 0 radical (unpaired) electrons. The van der Waals surface area contributed by atoms with Crippen LogP contribution >= 0.6 is 11.3 Å². The third-order valence-electron chi connectivity index (χ3n) is 4.40. The Balaban J connectivity index is 1.98. The summed E-state index contributed by atoms with van der Waals surface area (Å²) < 4.78 is 31.2. The van der Waals surface area contributed by atoms with E-state index in [-0.39, 0.29) is 28.7 Å². The molecule has 0 aliphatic heterocycles. The van der Waals surface area contributed by atoms with Crippen molar-refractivity contribution in [2.75, 3.05) is 6.61 Å². The van der Waals surface area contributed by atoms with E-state index < -0.39 is 21.5 Å². The molecule has 0 amide bonds. The monoisotopic (exact) mass is 446 g/mol. The normalized spacial score (nSPS) is 11.6. The highest BCUT2D eigenvalue weighted by molar-refractivity contribution is 7.90.